The standard InChI is InChI=1S/C22H26N2O2/c1-26-20-10-9-17-13-21(16-6-3-2-4-7-16)24(15-19(17)12-20)22(25)18-8-5-11-23-14-18/h2-4,6-7,9-10,12,18,21,23H,5,8,11,13-15H2,1H3. The first-order valence-corrected chi connectivity index (χ1v) is 9.48. The molecule has 1 N–H and O–H groups in total. The topological polar surface area (TPSA) is 41.6 Å². The first-order chi connectivity index (χ1) is 12.8. The summed E-state index contributed by atoms with van der Waals surface area (Å²) in [4.78, 5) is 15.4. The molecule has 26 heavy (non-hydrogen) atoms. The molecule has 2 aromatic rings. The first kappa shape index (κ1) is 17.1. The summed E-state index contributed by atoms with van der Waals surface area (Å²) in [7, 11) is 1.69. The van der Waals surface area contributed by atoms with Gasteiger partial charge in [0.1, 0.15) is 5.75 Å². The number of ether oxygens (including phenoxy) is 1. The number of hydrogen-bond acceptors (Lipinski definition) is 3. The van der Waals surface area contributed by atoms with Crippen molar-refractivity contribution in [1.29, 1.82) is 0 Å². The van der Waals surface area contributed by atoms with Crippen molar-refractivity contribution in [2.75, 3.05) is 20.2 Å². The van der Waals surface area contributed by atoms with Gasteiger partial charge in [-0.1, -0.05) is 36.4 Å². The zero-order chi connectivity index (χ0) is 17.9. The molecule has 1 fully saturated rings. The number of amides is 1. The van der Waals surface area contributed by atoms with Gasteiger partial charge in [-0.05, 0) is 54.6 Å². The Bertz CT molecular complexity index is 769. The van der Waals surface area contributed by atoms with Crippen molar-refractivity contribution in [2.45, 2.75) is 31.8 Å². The van der Waals surface area contributed by atoms with E-state index in [9.17, 15) is 4.79 Å². The summed E-state index contributed by atoms with van der Waals surface area (Å²) < 4.78 is 5.39. The second-order valence-corrected chi connectivity index (χ2v) is 7.27. The molecule has 1 amide bonds. The lowest BCUT2D eigenvalue weighted by atomic mass is 9.87. The normalized spacial score (nSPS) is 22.6. The van der Waals surface area contributed by atoms with E-state index in [-0.39, 0.29) is 17.9 Å². The van der Waals surface area contributed by atoms with Crippen LogP contribution < -0.4 is 10.1 Å². The third-order valence-corrected chi connectivity index (χ3v) is 5.66. The zero-order valence-electron chi connectivity index (χ0n) is 15.3. The molecule has 2 unspecified atom stereocenters. The van der Waals surface area contributed by atoms with Gasteiger partial charge in [0.15, 0.2) is 0 Å². The monoisotopic (exact) mass is 350 g/mol. The second kappa shape index (κ2) is 7.50. The van der Waals surface area contributed by atoms with Gasteiger partial charge in [-0.15, -0.1) is 0 Å². The van der Waals surface area contributed by atoms with Crippen molar-refractivity contribution < 1.29 is 9.53 Å². The van der Waals surface area contributed by atoms with E-state index in [4.69, 9.17) is 4.74 Å². The Hall–Kier alpha value is -2.33. The molecule has 4 rings (SSSR count). The summed E-state index contributed by atoms with van der Waals surface area (Å²) in [6.45, 7) is 2.47. The Balaban J connectivity index is 1.68. The van der Waals surface area contributed by atoms with Gasteiger partial charge in [-0.2, -0.15) is 0 Å². The minimum Gasteiger partial charge on any atom is -0.497 e. The average Bonchev–Trinajstić information content (AvgIpc) is 2.73. The van der Waals surface area contributed by atoms with Gasteiger partial charge in [0.25, 0.3) is 0 Å². The summed E-state index contributed by atoms with van der Waals surface area (Å²) in [5.74, 6) is 1.22. The maximum atomic E-state index is 13.4. The molecule has 2 aromatic carbocycles. The number of benzene rings is 2. The quantitative estimate of drug-likeness (QED) is 0.923. The van der Waals surface area contributed by atoms with Gasteiger partial charge < -0.3 is 15.0 Å². The smallest absolute Gasteiger partial charge is 0.227 e. The largest absolute Gasteiger partial charge is 0.497 e. The lowest BCUT2D eigenvalue weighted by Crippen LogP contribution is -2.46. The van der Waals surface area contributed by atoms with Crippen molar-refractivity contribution in [1.82, 2.24) is 10.2 Å². The third kappa shape index (κ3) is 3.34. The molecule has 2 aliphatic heterocycles. The van der Waals surface area contributed by atoms with Crippen molar-refractivity contribution >= 4 is 5.91 Å². The molecule has 4 heteroatoms. The maximum Gasteiger partial charge on any atom is 0.227 e. The minimum atomic E-state index is 0.0853. The minimum absolute atomic E-state index is 0.0853. The summed E-state index contributed by atoms with van der Waals surface area (Å²) in [5.41, 5.74) is 3.73. The van der Waals surface area contributed by atoms with Gasteiger partial charge >= 0.3 is 0 Å². The van der Waals surface area contributed by atoms with Crippen molar-refractivity contribution in [3.63, 3.8) is 0 Å². The summed E-state index contributed by atoms with van der Waals surface area (Å²) in [6.07, 6.45) is 2.91. The van der Waals surface area contributed by atoms with Gasteiger partial charge in [-0.25, -0.2) is 0 Å². The third-order valence-electron chi connectivity index (χ3n) is 5.66. The van der Waals surface area contributed by atoms with Crippen LogP contribution in [0, 0.1) is 5.92 Å². The number of hydrogen-bond donors (Lipinski definition) is 1. The van der Waals surface area contributed by atoms with Gasteiger partial charge in [0.05, 0.1) is 19.1 Å². The van der Waals surface area contributed by atoms with Crippen molar-refractivity contribution in [3.05, 3.63) is 65.2 Å². The number of methoxy groups -OCH3 is 1. The van der Waals surface area contributed by atoms with E-state index in [1.807, 2.05) is 12.1 Å². The maximum absolute atomic E-state index is 13.4. The predicted octanol–water partition coefficient (Wildman–Crippen LogP) is 3.32. The number of rotatable bonds is 3. The van der Waals surface area contributed by atoms with Crippen LogP contribution in [-0.4, -0.2) is 31.0 Å². The second-order valence-electron chi connectivity index (χ2n) is 7.27. The summed E-state index contributed by atoms with van der Waals surface area (Å²) in [6, 6.07) is 16.8. The van der Waals surface area contributed by atoms with E-state index in [0.717, 1.165) is 38.1 Å². The van der Waals surface area contributed by atoms with Gasteiger partial charge in [0, 0.05) is 13.1 Å². The van der Waals surface area contributed by atoms with Crippen LogP contribution in [0.1, 0.15) is 35.6 Å². The molecule has 2 aliphatic rings. The molecule has 0 saturated carbocycles. The van der Waals surface area contributed by atoms with Crippen LogP contribution in [0.25, 0.3) is 0 Å². The highest BCUT2D eigenvalue weighted by Crippen LogP contribution is 2.36. The Kier molecular flexibility index (Phi) is 4.93. The SMILES string of the molecule is COc1ccc2c(c1)CN(C(=O)C1CCCNC1)C(c1ccccc1)C2. The fourth-order valence-electron chi connectivity index (χ4n) is 4.19. The van der Waals surface area contributed by atoms with Gasteiger partial charge in [0.2, 0.25) is 5.91 Å². The first-order valence-electron chi connectivity index (χ1n) is 9.48. The van der Waals surface area contributed by atoms with E-state index in [1.54, 1.807) is 7.11 Å². The Labute approximate surface area is 155 Å². The Morgan fingerprint density at radius 2 is 2.00 bits per heavy atom. The molecule has 0 radical (unpaired) electrons. The number of carbonyl (C=O) groups is 1. The number of nitrogens with one attached hydrogen (secondary N) is 1. The highest BCUT2D eigenvalue weighted by molar-refractivity contribution is 5.80. The number of fused-ring (bicyclic) bond motifs is 1. The van der Waals surface area contributed by atoms with E-state index in [1.165, 1.54) is 16.7 Å². The molecule has 4 nitrogen and oxygen atoms in total. The van der Waals surface area contributed by atoms with E-state index >= 15 is 0 Å². The van der Waals surface area contributed by atoms with E-state index in [2.05, 4.69) is 46.6 Å². The molecular weight excluding hydrogens is 324 g/mol. The molecule has 2 heterocycles. The fraction of sp³-hybridized carbons (Fsp3) is 0.409. The average molecular weight is 350 g/mol. The van der Waals surface area contributed by atoms with Crippen LogP contribution in [0.5, 0.6) is 5.75 Å². The van der Waals surface area contributed by atoms with E-state index in [0.29, 0.717) is 6.54 Å². The molecule has 1 saturated heterocycles. The molecule has 0 aliphatic carbocycles. The zero-order valence-corrected chi connectivity index (χ0v) is 15.3. The van der Waals surface area contributed by atoms with Gasteiger partial charge in [-0.3, -0.25) is 4.79 Å². The van der Waals surface area contributed by atoms with Crippen LogP contribution >= 0.6 is 0 Å². The molecule has 2 atom stereocenters. The summed E-state index contributed by atoms with van der Waals surface area (Å²) >= 11 is 0. The number of carbonyl (C=O) groups excluding carboxylic acids is 1. The Morgan fingerprint density at radius 3 is 2.73 bits per heavy atom. The fourth-order valence-corrected chi connectivity index (χ4v) is 4.19. The predicted molar refractivity (Wildman–Crippen MR) is 102 cm³/mol. The lowest BCUT2D eigenvalue weighted by Gasteiger charge is -2.40. The van der Waals surface area contributed by atoms with Crippen LogP contribution in [0.4, 0.5) is 0 Å². The number of nitrogens with zero attached hydrogens (tertiary/aromatic N) is 1. The molecular formula is C22H26N2O2. The van der Waals surface area contributed by atoms with Crippen LogP contribution in [0.3, 0.4) is 0 Å². The van der Waals surface area contributed by atoms with Crippen LogP contribution in [0.2, 0.25) is 0 Å². The number of piperidine rings is 1. The summed E-state index contributed by atoms with van der Waals surface area (Å²) in [5, 5.41) is 3.38. The molecule has 136 valence electrons. The van der Waals surface area contributed by atoms with E-state index < -0.39 is 0 Å². The van der Waals surface area contributed by atoms with Crippen molar-refractivity contribution in [3.8, 4) is 5.75 Å². The molecule has 0 spiro atoms. The Morgan fingerprint density at radius 1 is 1.15 bits per heavy atom. The van der Waals surface area contributed by atoms with Crippen LogP contribution in [-0.2, 0) is 17.8 Å². The molecule has 0 aromatic heterocycles. The highest BCUT2D eigenvalue weighted by Gasteiger charge is 2.35. The van der Waals surface area contributed by atoms with Crippen LogP contribution in [0.15, 0.2) is 48.5 Å². The molecule has 0 bridgehead atoms. The lowest BCUT2D eigenvalue weighted by molar-refractivity contribution is -0.140. The highest BCUT2D eigenvalue weighted by atomic mass is 16.5. The van der Waals surface area contributed by atoms with Crippen molar-refractivity contribution in [2.24, 2.45) is 5.92 Å².